The topological polar surface area (TPSA) is 72.7 Å². The van der Waals surface area contributed by atoms with E-state index in [1.54, 1.807) is 0 Å². The van der Waals surface area contributed by atoms with E-state index in [9.17, 15) is 0 Å². The fourth-order valence-electron chi connectivity index (χ4n) is 5.13. The Balaban J connectivity index is 0.00000164. The van der Waals surface area contributed by atoms with Gasteiger partial charge in [-0.25, -0.2) is 0 Å². The molecule has 0 saturated carbocycles. The molecule has 0 aliphatic carbocycles. The van der Waals surface area contributed by atoms with Crippen LogP contribution in [0, 0.1) is 0 Å². The van der Waals surface area contributed by atoms with E-state index in [-0.39, 0.29) is 5.50 Å². The lowest BCUT2D eigenvalue weighted by molar-refractivity contribution is 0.113. The molecule has 206 valence electrons. The normalized spacial score (nSPS) is 21.4. The van der Waals surface area contributed by atoms with Gasteiger partial charge < -0.3 is 21.3 Å². The molecule has 0 radical (unpaired) electrons. The second-order valence-electron chi connectivity index (χ2n) is 9.82. The van der Waals surface area contributed by atoms with Gasteiger partial charge in [-0.2, -0.15) is 0 Å². The Kier molecular flexibility index (Phi) is 10.9. The summed E-state index contributed by atoms with van der Waals surface area (Å²) in [6.45, 7) is 13.5. The van der Waals surface area contributed by atoms with Gasteiger partial charge in [-0.1, -0.05) is 50.7 Å². The van der Waals surface area contributed by atoms with E-state index < -0.39 is 0 Å². The van der Waals surface area contributed by atoms with Crippen LogP contribution < -0.4 is 21.3 Å². The second kappa shape index (κ2) is 14.6. The van der Waals surface area contributed by atoms with Crippen LogP contribution in [0.1, 0.15) is 45.6 Å². The van der Waals surface area contributed by atoms with Crippen LogP contribution in [0.25, 0.3) is 0 Å². The Bertz CT molecular complexity index is 1040. The zero-order valence-corrected chi connectivity index (χ0v) is 24.1. The summed E-state index contributed by atoms with van der Waals surface area (Å²) in [7, 11) is 0. The molecular weight excluding hydrogens is 490 g/mol. The molecule has 2 aromatic rings. The van der Waals surface area contributed by atoms with Crippen molar-refractivity contribution in [3.8, 4) is 0 Å². The number of hydrogen-bond donors (Lipinski definition) is 3. The Morgan fingerprint density at radius 2 is 1.76 bits per heavy atom. The SMILES string of the molecule is CC.CCC=C(Nc1ccccc1N1CCC(N)CC1)C1=CSC(N2CCN(Cc3ccncc3)CC2)N1. The number of nitrogens with one attached hydrogen (secondary N) is 2. The summed E-state index contributed by atoms with van der Waals surface area (Å²) in [4.78, 5) is 11.7. The fourth-order valence-corrected chi connectivity index (χ4v) is 6.17. The molecule has 2 fully saturated rings. The number of benzene rings is 1. The van der Waals surface area contributed by atoms with E-state index in [4.69, 9.17) is 5.73 Å². The van der Waals surface area contributed by atoms with Crippen LogP contribution in [0.15, 0.2) is 71.7 Å². The Morgan fingerprint density at radius 1 is 1.05 bits per heavy atom. The Labute approximate surface area is 233 Å². The number of para-hydroxylation sites is 2. The zero-order chi connectivity index (χ0) is 26.7. The van der Waals surface area contributed by atoms with Crippen molar-refractivity contribution in [3.05, 3.63) is 77.2 Å². The number of rotatable bonds is 8. The van der Waals surface area contributed by atoms with Crippen LogP contribution in [0.2, 0.25) is 0 Å². The molecule has 1 aromatic carbocycles. The van der Waals surface area contributed by atoms with Crippen molar-refractivity contribution in [3.63, 3.8) is 0 Å². The van der Waals surface area contributed by atoms with Crippen LogP contribution in [-0.4, -0.2) is 65.6 Å². The van der Waals surface area contributed by atoms with Crippen LogP contribution in [-0.2, 0) is 6.54 Å². The van der Waals surface area contributed by atoms with Crippen molar-refractivity contribution in [2.45, 2.75) is 58.1 Å². The minimum atomic E-state index is 0.281. The molecule has 0 amide bonds. The van der Waals surface area contributed by atoms with Gasteiger partial charge in [0.05, 0.1) is 22.8 Å². The maximum absolute atomic E-state index is 6.15. The van der Waals surface area contributed by atoms with Gasteiger partial charge in [0.15, 0.2) is 0 Å². The van der Waals surface area contributed by atoms with Gasteiger partial charge in [0.2, 0.25) is 0 Å². The highest BCUT2D eigenvalue weighted by Gasteiger charge is 2.28. The van der Waals surface area contributed by atoms with Crippen LogP contribution in [0.5, 0.6) is 0 Å². The minimum absolute atomic E-state index is 0.281. The number of piperazine rings is 1. The number of hydrogen-bond acceptors (Lipinski definition) is 8. The highest BCUT2D eigenvalue weighted by atomic mass is 32.2. The first-order valence-electron chi connectivity index (χ1n) is 14.2. The van der Waals surface area contributed by atoms with E-state index in [1.165, 1.54) is 16.9 Å². The standard InChI is InChI=1S/C28H39N7S.C2H6/c1-2-5-24(31-25-6-3-4-7-27(25)34-14-10-23(29)11-15-34)26-21-36-28(32-26)35-18-16-33(17-19-35)20-22-8-12-30-13-9-22;1-2/h3-9,12-13,21,23,28,31-32H,2,10-11,14-20,29H2,1H3;1-2H3. The Morgan fingerprint density at radius 3 is 2.47 bits per heavy atom. The van der Waals surface area contributed by atoms with E-state index in [2.05, 4.69) is 85.1 Å². The summed E-state index contributed by atoms with van der Waals surface area (Å²) in [6, 6.07) is 13.2. The zero-order valence-electron chi connectivity index (χ0n) is 23.3. The molecule has 1 unspecified atom stereocenters. The van der Waals surface area contributed by atoms with Crippen molar-refractivity contribution >= 4 is 23.1 Å². The third-order valence-corrected chi connectivity index (χ3v) is 8.29. The minimum Gasteiger partial charge on any atom is -0.370 e. The Hall–Kier alpha value is -2.52. The molecule has 1 atom stereocenters. The first kappa shape index (κ1) is 28.5. The highest BCUT2D eigenvalue weighted by molar-refractivity contribution is 8.02. The van der Waals surface area contributed by atoms with Crippen molar-refractivity contribution in [1.82, 2.24) is 20.1 Å². The maximum atomic E-state index is 6.15. The van der Waals surface area contributed by atoms with Gasteiger partial charge in [0.25, 0.3) is 0 Å². The second-order valence-corrected chi connectivity index (χ2v) is 10.8. The fraction of sp³-hybridized carbons (Fsp3) is 0.500. The third-order valence-electron chi connectivity index (χ3n) is 7.24. The summed E-state index contributed by atoms with van der Waals surface area (Å²) in [5, 5.41) is 9.85. The molecule has 3 aliphatic heterocycles. The molecule has 4 N–H and O–H groups in total. The summed E-state index contributed by atoms with van der Waals surface area (Å²) in [5.74, 6) is 0. The lowest BCUT2D eigenvalue weighted by Crippen LogP contribution is -2.52. The van der Waals surface area contributed by atoms with Gasteiger partial charge >= 0.3 is 0 Å². The first-order chi connectivity index (χ1) is 18.7. The first-order valence-corrected chi connectivity index (χ1v) is 15.2. The lowest BCUT2D eigenvalue weighted by atomic mass is 10.0. The molecular formula is C30H45N7S. The molecule has 0 bridgehead atoms. The van der Waals surface area contributed by atoms with Gasteiger partial charge in [-0.05, 0) is 54.5 Å². The number of pyridine rings is 1. The predicted octanol–water partition coefficient (Wildman–Crippen LogP) is 5.02. The van der Waals surface area contributed by atoms with Crippen LogP contribution >= 0.6 is 11.8 Å². The molecule has 0 spiro atoms. The maximum Gasteiger partial charge on any atom is 0.132 e. The highest BCUT2D eigenvalue weighted by Crippen LogP contribution is 2.33. The van der Waals surface area contributed by atoms with Gasteiger partial charge in [0, 0.05) is 64.2 Å². The van der Waals surface area contributed by atoms with Gasteiger partial charge in [0.1, 0.15) is 5.50 Å². The molecule has 3 aliphatic rings. The monoisotopic (exact) mass is 535 g/mol. The molecule has 4 heterocycles. The average molecular weight is 536 g/mol. The molecule has 8 heteroatoms. The largest absolute Gasteiger partial charge is 0.370 e. The molecule has 38 heavy (non-hydrogen) atoms. The summed E-state index contributed by atoms with van der Waals surface area (Å²) in [6.07, 6.45) is 9.13. The number of allylic oxidation sites excluding steroid dienone is 1. The summed E-state index contributed by atoms with van der Waals surface area (Å²) >= 11 is 1.88. The van der Waals surface area contributed by atoms with E-state index in [1.807, 2.05) is 38.0 Å². The van der Waals surface area contributed by atoms with Gasteiger partial charge in [-0.15, -0.1) is 0 Å². The number of nitrogens with two attached hydrogens (primary N) is 1. The number of aromatic nitrogens is 1. The lowest BCUT2D eigenvalue weighted by Gasteiger charge is -2.38. The molecule has 2 saturated heterocycles. The summed E-state index contributed by atoms with van der Waals surface area (Å²) < 4.78 is 0. The van der Waals surface area contributed by atoms with Crippen molar-refractivity contribution in [1.29, 1.82) is 0 Å². The molecule has 7 nitrogen and oxygen atoms in total. The van der Waals surface area contributed by atoms with E-state index in [0.717, 1.165) is 76.5 Å². The summed E-state index contributed by atoms with van der Waals surface area (Å²) in [5.41, 5.74) is 12.5. The van der Waals surface area contributed by atoms with Crippen molar-refractivity contribution in [2.24, 2.45) is 5.73 Å². The smallest absolute Gasteiger partial charge is 0.132 e. The van der Waals surface area contributed by atoms with Crippen LogP contribution in [0.3, 0.4) is 0 Å². The van der Waals surface area contributed by atoms with E-state index >= 15 is 0 Å². The predicted molar refractivity (Wildman–Crippen MR) is 163 cm³/mol. The van der Waals surface area contributed by atoms with Crippen molar-refractivity contribution in [2.75, 3.05) is 49.5 Å². The third kappa shape index (κ3) is 7.53. The number of anilines is 2. The average Bonchev–Trinajstić information content (AvgIpc) is 3.46. The van der Waals surface area contributed by atoms with Gasteiger partial charge in [-0.3, -0.25) is 14.8 Å². The quantitative estimate of drug-likeness (QED) is 0.435. The van der Waals surface area contributed by atoms with E-state index in [0.29, 0.717) is 6.04 Å². The molecule has 5 rings (SSSR count). The number of thioether (sulfide) groups is 1. The number of piperidine rings is 1. The van der Waals surface area contributed by atoms with Crippen LogP contribution in [0.4, 0.5) is 11.4 Å². The van der Waals surface area contributed by atoms with Crippen molar-refractivity contribution < 1.29 is 0 Å². The molecule has 1 aromatic heterocycles. The number of nitrogens with zero attached hydrogens (tertiary/aromatic N) is 4.